The van der Waals surface area contributed by atoms with Gasteiger partial charge < -0.3 is 15.4 Å². The first-order valence-corrected chi connectivity index (χ1v) is 15.5. The van der Waals surface area contributed by atoms with Crippen molar-refractivity contribution in [3.63, 3.8) is 0 Å². The molecule has 44 heavy (non-hydrogen) atoms. The topological polar surface area (TPSA) is 149 Å². The molecule has 3 aromatic rings. The molecular formula is C29H35F3N8O4. The minimum atomic E-state index is -4.40. The van der Waals surface area contributed by atoms with Crippen LogP contribution in [0.4, 0.5) is 13.2 Å². The van der Waals surface area contributed by atoms with Crippen LogP contribution in [0.1, 0.15) is 96.2 Å². The molecule has 236 valence electrons. The maximum absolute atomic E-state index is 13.6. The van der Waals surface area contributed by atoms with Crippen LogP contribution >= 0.6 is 0 Å². The molecule has 2 N–H and O–H groups in total. The van der Waals surface area contributed by atoms with Crippen molar-refractivity contribution in [1.82, 2.24) is 40.5 Å². The van der Waals surface area contributed by atoms with Crippen LogP contribution in [0.3, 0.4) is 0 Å². The Labute approximate surface area is 250 Å². The van der Waals surface area contributed by atoms with E-state index in [4.69, 9.17) is 24.4 Å². The van der Waals surface area contributed by atoms with Crippen molar-refractivity contribution in [2.24, 2.45) is 23.7 Å². The zero-order valence-corrected chi connectivity index (χ0v) is 24.4. The number of aromatic nitrogens is 6. The Morgan fingerprint density at radius 2 is 1.80 bits per heavy atom. The maximum Gasteiger partial charge on any atom is 0.393 e. The summed E-state index contributed by atoms with van der Waals surface area (Å²) < 4.78 is 52.9. The molecule has 7 rings (SSSR count). The van der Waals surface area contributed by atoms with E-state index in [0.29, 0.717) is 72.9 Å². The number of amides is 2. The highest BCUT2D eigenvalue weighted by Gasteiger charge is 2.48. The molecule has 12 nitrogen and oxygen atoms in total. The van der Waals surface area contributed by atoms with Gasteiger partial charge in [-0.1, -0.05) is 12.1 Å². The molecule has 5 heterocycles. The number of hydrogen-bond donors (Lipinski definition) is 2. The zero-order chi connectivity index (χ0) is 30.6. The largest absolute Gasteiger partial charge is 0.393 e. The number of nitrogens with zero attached hydrogens (tertiary/aromatic N) is 6. The van der Waals surface area contributed by atoms with Gasteiger partial charge in [-0.25, -0.2) is 19.1 Å². The fraction of sp³-hybridized carbons (Fsp3) is 0.690. The quantitative estimate of drug-likeness (QED) is 0.389. The van der Waals surface area contributed by atoms with Crippen molar-refractivity contribution in [3.05, 3.63) is 34.2 Å². The molecule has 0 spiro atoms. The number of alkyl halides is 3. The average Bonchev–Trinajstić information content (AvgIpc) is 3.34. The zero-order valence-electron chi connectivity index (χ0n) is 24.4. The lowest BCUT2D eigenvalue weighted by molar-refractivity contribution is -0.183. The third kappa shape index (κ3) is 5.54. The second kappa shape index (κ2) is 11.4. The molecule has 15 heteroatoms. The first kappa shape index (κ1) is 29.1. The Kier molecular flexibility index (Phi) is 7.53. The van der Waals surface area contributed by atoms with Crippen molar-refractivity contribution in [2.45, 2.75) is 82.8 Å². The van der Waals surface area contributed by atoms with Gasteiger partial charge in [0.15, 0.2) is 5.69 Å². The molecule has 2 saturated heterocycles. The number of imidazole rings is 1. The van der Waals surface area contributed by atoms with E-state index in [1.807, 2.05) is 6.92 Å². The number of nitrogens with one attached hydrogen (secondary N) is 2. The lowest BCUT2D eigenvalue weighted by Gasteiger charge is -2.31. The Morgan fingerprint density at radius 3 is 2.52 bits per heavy atom. The highest BCUT2D eigenvalue weighted by molar-refractivity contribution is 5.93. The van der Waals surface area contributed by atoms with E-state index in [1.54, 1.807) is 4.52 Å². The van der Waals surface area contributed by atoms with Crippen molar-refractivity contribution in [2.75, 3.05) is 19.8 Å². The van der Waals surface area contributed by atoms with E-state index >= 15 is 0 Å². The van der Waals surface area contributed by atoms with Crippen molar-refractivity contribution in [3.8, 4) is 0 Å². The Balaban J connectivity index is 1.26. The van der Waals surface area contributed by atoms with Gasteiger partial charge in [-0.3, -0.25) is 9.59 Å². The maximum atomic E-state index is 13.6. The first-order chi connectivity index (χ1) is 21.2. The standard InChI is InChI=1S/C29H35F3N8O4/c1-2-20-24(39-44-38-20)27(42)34-13-22-25(17-8-15-7-16(15)9-17)40-28(35-22)36-23(14-3-5-43-6-4-14)21(37-40)11-18-10-19(29(30,31)32)12-33-26(18)41/h14-19H,2-13H2,1H3,(H,33,41)(H,34,42)/t15-,16-,18+,19+/m0/s1. The molecule has 0 unspecified atom stereocenters. The number of carbonyl (C=O) groups excluding carboxylic acids is 2. The summed E-state index contributed by atoms with van der Waals surface area (Å²) in [6.07, 6.45) is 0.386. The minimum absolute atomic E-state index is 0.0177. The van der Waals surface area contributed by atoms with Gasteiger partial charge in [-0.15, -0.1) is 0 Å². The average molecular weight is 617 g/mol. The lowest BCUT2D eigenvalue weighted by Crippen LogP contribution is -2.47. The molecule has 2 aliphatic heterocycles. The third-order valence-corrected chi connectivity index (χ3v) is 9.81. The lowest BCUT2D eigenvalue weighted by atomic mass is 9.84. The molecule has 0 aromatic carbocycles. The fourth-order valence-electron chi connectivity index (χ4n) is 7.31. The molecule has 3 aromatic heterocycles. The SMILES string of the molecule is CCc1nonc1C(=O)NCc1nc2nc(C3CCOCC3)c(C[C@H]3C[C@@H](C(F)(F)F)CNC3=O)nn2c1C1C[C@@H]2C[C@H]2C1. The Hall–Kier alpha value is -3.62. The molecule has 2 amide bonds. The number of aryl methyl sites for hydroxylation is 1. The van der Waals surface area contributed by atoms with Crippen LogP contribution in [0.25, 0.3) is 5.78 Å². The molecule has 4 atom stereocenters. The van der Waals surface area contributed by atoms with E-state index < -0.39 is 36.4 Å². The smallest absolute Gasteiger partial charge is 0.381 e. The number of rotatable bonds is 8. The summed E-state index contributed by atoms with van der Waals surface area (Å²) in [5.41, 5.74) is 3.26. The Bertz CT molecular complexity index is 1560. The van der Waals surface area contributed by atoms with E-state index in [2.05, 4.69) is 20.9 Å². The molecule has 2 aliphatic carbocycles. The second-order valence-electron chi connectivity index (χ2n) is 12.6. The van der Waals surface area contributed by atoms with Gasteiger partial charge >= 0.3 is 6.18 Å². The van der Waals surface area contributed by atoms with Crippen molar-refractivity contribution >= 4 is 17.6 Å². The minimum Gasteiger partial charge on any atom is -0.381 e. The van der Waals surface area contributed by atoms with Gasteiger partial charge in [-0.2, -0.15) is 18.3 Å². The predicted molar refractivity (Wildman–Crippen MR) is 146 cm³/mol. The van der Waals surface area contributed by atoms with Crippen molar-refractivity contribution < 1.29 is 32.1 Å². The van der Waals surface area contributed by atoms with Crippen LogP contribution < -0.4 is 10.6 Å². The summed E-state index contributed by atoms with van der Waals surface area (Å²) in [4.78, 5) is 35.6. The summed E-state index contributed by atoms with van der Waals surface area (Å²) in [5.74, 6) is -1.48. The van der Waals surface area contributed by atoms with E-state index in [0.717, 1.165) is 18.5 Å². The van der Waals surface area contributed by atoms with Crippen LogP contribution in [0.15, 0.2) is 4.63 Å². The van der Waals surface area contributed by atoms with Crippen LogP contribution in [-0.4, -0.2) is 67.6 Å². The van der Waals surface area contributed by atoms with Crippen LogP contribution in [0.5, 0.6) is 0 Å². The molecule has 0 bridgehead atoms. The Morgan fingerprint density at radius 1 is 1.02 bits per heavy atom. The van der Waals surface area contributed by atoms with Crippen LogP contribution in [0.2, 0.25) is 0 Å². The summed E-state index contributed by atoms with van der Waals surface area (Å²) in [6, 6.07) is 0. The molecule has 0 radical (unpaired) electrons. The van der Waals surface area contributed by atoms with Gasteiger partial charge in [0.2, 0.25) is 5.91 Å². The third-order valence-electron chi connectivity index (χ3n) is 9.81. The van der Waals surface area contributed by atoms with Gasteiger partial charge in [0, 0.05) is 43.9 Å². The highest BCUT2D eigenvalue weighted by atomic mass is 19.4. The fourth-order valence-corrected chi connectivity index (χ4v) is 7.31. The number of carbonyl (C=O) groups is 2. The van der Waals surface area contributed by atoms with Crippen molar-refractivity contribution in [1.29, 1.82) is 0 Å². The van der Waals surface area contributed by atoms with Gasteiger partial charge in [0.1, 0.15) is 5.69 Å². The number of halogens is 3. The van der Waals surface area contributed by atoms with Crippen LogP contribution in [-0.2, 0) is 28.9 Å². The number of piperidine rings is 1. The predicted octanol–water partition coefficient (Wildman–Crippen LogP) is 3.26. The van der Waals surface area contributed by atoms with Gasteiger partial charge in [-0.05, 0) is 61.9 Å². The summed E-state index contributed by atoms with van der Waals surface area (Å²) in [6.45, 7) is 2.63. The van der Waals surface area contributed by atoms with E-state index in [-0.39, 0.29) is 36.9 Å². The molecule has 4 aliphatic rings. The van der Waals surface area contributed by atoms with E-state index in [1.165, 1.54) is 6.42 Å². The molecule has 2 saturated carbocycles. The summed E-state index contributed by atoms with van der Waals surface area (Å²) in [5, 5.41) is 17.9. The summed E-state index contributed by atoms with van der Waals surface area (Å²) in [7, 11) is 0. The number of hydrogen-bond acceptors (Lipinski definition) is 9. The number of ether oxygens (including phenoxy) is 1. The number of fused-ring (bicyclic) bond motifs is 2. The van der Waals surface area contributed by atoms with Crippen LogP contribution in [0, 0.1) is 23.7 Å². The monoisotopic (exact) mass is 616 g/mol. The second-order valence-corrected chi connectivity index (χ2v) is 12.6. The summed E-state index contributed by atoms with van der Waals surface area (Å²) >= 11 is 0. The molecule has 4 fully saturated rings. The normalized spacial score (nSPS) is 26.1. The van der Waals surface area contributed by atoms with Gasteiger partial charge in [0.25, 0.3) is 11.7 Å². The first-order valence-electron chi connectivity index (χ1n) is 15.5. The highest BCUT2D eigenvalue weighted by Crippen LogP contribution is 2.57. The van der Waals surface area contributed by atoms with E-state index in [9.17, 15) is 22.8 Å². The van der Waals surface area contributed by atoms with Gasteiger partial charge in [0.05, 0.1) is 35.2 Å². The molecular weight excluding hydrogens is 581 g/mol.